The fraction of sp³-hybridized carbons (Fsp3) is 0.522. The second-order valence-electron chi connectivity index (χ2n) is 9.00. The Hall–Kier alpha value is -2.83. The molecule has 6 atom stereocenters. The van der Waals surface area contributed by atoms with Gasteiger partial charge in [0, 0.05) is 12.3 Å². The molecule has 1 saturated heterocycles. The molecule has 1 aliphatic rings. The molecule has 12 nitrogen and oxygen atoms in total. The third-order valence-electron chi connectivity index (χ3n) is 5.49. The Bertz CT molecular complexity index is 1230. The number of benzene rings is 1. The summed E-state index contributed by atoms with van der Waals surface area (Å²) in [5.41, 5.74) is -4.17. The summed E-state index contributed by atoms with van der Waals surface area (Å²) < 4.78 is 53.0. The number of carbonyl (C=O) groups excluding carboxylic acids is 1. The molecule has 204 valence electrons. The topological polar surface area (TPSA) is 158 Å². The number of alkyl halides is 1. The molecule has 2 heterocycles. The minimum Gasteiger partial charge on any atom is -0.482 e. The second-order valence-corrected chi connectivity index (χ2v) is 11.1. The number of para-hydroxylation sites is 1. The predicted molar refractivity (Wildman–Crippen MR) is 130 cm³/mol. The molecule has 1 aliphatic heterocycles. The number of ether oxygens (including phenoxy) is 3. The molecule has 3 N–H and O–H groups in total. The Morgan fingerprint density at radius 3 is 2.54 bits per heavy atom. The summed E-state index contributed by atoms with van der Waals surface area (Å²) in [4.78, 5) is 38.1. The molecular weight excluding hydrogens is 512 g/mol. The fourth-order valence-electron chi connectivity index (χ4n) is 3.77. The smallest absolute Gasteiger partial charge is 0.330 e. The lowest BCUT2D eigenvalue weighted by Gasteiger charge is -2.32. The van der Waals surface area contributed by atoms with Crippen LogP contribution in [0.2, 0.25) is 0 Å². The molecule has 1 aromatic heterocycles. The molecule has 0 spiro atoms. The van der Waals surface area contributed by atoms with Crippen molar-refractivity contribution < 1.29 is 37.6 Å². The zero-order valence-corrected chi connectivity index (χ0v) is 21.7. The number of hydrogen-bond acceptors (Lipinski definition) is 9. The molecule has 37 heavy (non-hydrogen) atoms. The van der Waals surface area contributed by atoms with Gasteiger partial charge in [-0.15, -0.1) is 0 Å². The zero-order valence-electron chi connectivity index (χ0n) is 20.8. The Labute approximate surface area is 212 Å². The Morgan fingerprint density at radius 1 is 1.27 bits per heavy atom. The van der Waals surface area contributed by atoms with Gasteiger partial charge in [0.2, 0.25) is 0 Å². The molecule has 0 saturated carbocycles. The average Bonchev–Trinajstić information content (AvgIpc) is 3.07. The van der Waals surface area contributed by atoms with Gasteiger partial charge >= 0.3 is 19.2 Å². The van der Waals surface area contributed by atoms with E-state index in [1.165, 1.54) is 6.92 Å². The number of halogens is 1. The van der Waals surface area contributed by atoms with E-state index in [9.17, 15) is 24.1 Å². The highest BCUT2D eigenvalue weighted by Crippen LogP contribution is 2.52. The van der Waals surface area contributed by atoms with E-state index < -0.39 is 73.9 Å². The van der Waals surface area contributed by atoms with E-state index in [2.05, 4.69) is 5.09 Å². The number of nitrogens with zero attached hydrogens (tertiary/aromatic N) is 1. The number of esters is 1. The number of aliphatic hydroxyl groups is 1. The monoisotopic (exact) mass is 543 g/mol. The molecule has 0 bridgehead atoms. The lowest BCUT2D eigenvalue weighted by molar-refractivity contribution is -0.149. The van der Waals surface area contributed by atoms with Crippen molar-refractivity contribution >= 4 is 13.5 Å². The molecule has 1 fully saturated rings. The van der Waals surface area contributed by atoms with Crippen LogP contribution in [0.15, 0.2) is 52.2 Å². The normalized spacial score (nSPS) is 26.0. The fourth-order valence-corrected chi connectivity index (χ4v) is 5.69. The zero-order chi connectivity index (χ0) is 27.4. The van der Waals surface area contributed by atoms with Crippen molar-refractivity contribution in [3.63, 3.8) is 0 Å². The van der Waals surface area contributed by atoms with Crippen molar-refractivity contribution in [2.75, 3.05) is 13.0 Å². The number of hydrogen-bond donors (Lipinski definition) is 3. The number of rotatable bonds is 11. The summed E-state index contributed by atoms with van der Waals surface area (Å²) in [6, 6.07) is 8.21. The molecule has 3 rings (SSSR count). The molecule has 14 heteroatoms. The SMILES string of the molecule is CC(C)OC(=O)[C@H](C)N[P@@](=O)(COc1ccccc1)O[C@@H]1[C@@H](CO)O[C@@H](n2ccc(=O)[nH]c2=O)[C@]1(C)F. The van der Waals surface area contributed by atoms with Crippen molar-refractivity contribution in [1.29, 1.82) is 0 Å². The van der Waals surface area contributed by atoms with Gasteiger partial charge in [-0.25, -0.2) is 14.3 Å². The van der Waals surface area contributed by atoms with Gasteiger partial charge in [-0.3, -0.25) is 23.7 Å². The summed E-state index contributed by atoms with van der Waals surface area (Å²) in [6.07, 6.45) is -4.67. The van der Waals surface area contributed by atoms with Crippen LogP contribution in [-0.2, 0) is 23.4 Å². The first-order valence-electron chi connectivity index (χ1n) is 11.6. The molecule has 2 aromatic rings. The van der Waals surface area contributed by atoms with Crippen molar-refractivity contribution in [3.05, 3.63) is 63.4 Å². The Kier molecular flexibility index (Phi) is 9.09. The van der Waals surface area contributed by atoms with Crippen molar-refractivity contribution in [2.45, 2.75) is 63.9 Å². The summed E-state index contributed by atoms with van der Waals surface area (Å²) in [5.74, 6) is -0.381. The van der Waals surface area contributed by atoms with Crippen molar-refractivity contribution in [2.24, 2.45) is 0 Å². The van der Waals surface area contributed by atoms with Crippen LogP contribution in [0.3, 0.4) is 0 Å². The van der Waals surface area contributed by atoms with E-state index in [1.807, 2.05) is 4.98 Å². The van der Waals surface area contributed by atoms with Gasteiger partial charge in [0.1, 0.15) is 24.0 Å². The first-order chi connectivity index (χ1) is 17.4. The standard InChI is InChI=1S/C23H31FN3O9P/c1-14(2)34-20(30)15(3)26-37(32,13-33-16-8-6-5-7-9-16)36-19-17(12-28)35-21(23(19,4)24)27-11-10-18(29)25-22(27)31/h5-11,14-15,17,19,21,28H,12-13H2,1-4H3,(H,26,32)(H,25,29,31)/t15-,17+,19+,21+,23+,37+/m0/s1. The van der Waals surface area contributed by atoms with Gasteiger partial charge in [-0.1, -0.05) is 18.2 Å². The maximum Gasteiger partial charge on any atom is 0.330 e. The van der Waals surface area contributed by atoms with Crippen LogP contribution in [0.25, 0.3) is 0 Å². The minimum atomic E-state index is -4.21. The summed E-state index contributed by atoms with van der Waals surface area (Å²) in [7, 11) is -4.21. The van der Waals surface area contributed by atoms with E-state index >= 15 is 4.39 Å². The maximum atomic E-state index is 16.2. The first kappa shape index (κ1) is 28.7. The largest absolute Gasteiger partial charge is 0.482 e. The number of H-pyrrole nitrogens is 1. The second kappa shape index (κ2) is 11.7. The highest BCUT2D eigenvalue weighted by Gasteiger charge is 2.58. The van der Waals surface area contributed by atoms with E-state index in [1.54, 1.807) is 44.2 Å². The molecule has 0 amide bonds. The van der Waals surface area contributed by atoms with Gasteiger partial charge in [0.15, 0.2) is 18.2 Å². The van der Waals surface area contributed by atoms with Crippen molar-refractivity contribution in [3.8, 4) is 5.75 Å². The number of aromatic nitrogens is 2. The van der Waals surface area contributed by atoms with E-state index in [4.69, 9.17) is 18.7 Å². The number of carbonyl (C=O) groups is 1. The molecule has 1 aromatic carbocycles. The number of aromatic amines is 1. The van der Waals surface area contributed by atoms with Gasteiger partial charge in [-0.05, 0) is 39.8 Å². The van der Waals surface area contributed by atoms with Crippen LogP contribution in [0.4, 0.5) is 4.39 Å². The highest BCUT2D eigenvalue weighted by molar-refractivity contribution is 7.56. The Morgan fingerprint density at radius 2 is 1.95 bits per heavy atom. The van der Waals surface area contributed by atoms with E-state index in [-0.39, 0.29) is 0 Å². The average molecular weight is 543 g/mol. The van der Waals surface area contributed by atoms with Crippen LogP contribution in [-0.4, -0.2) is 63.6 Å². The highest BCUT2D eigenvalue weighted by atomic mass is 31.2. The lowest BCUT2D eigenvalue weighted by atomic mass is 9.98. The number of aliphatic hydroxyl groups excluding tert-OH is 1. The third kappa shape index (κ3) is 6.93. The molecule has 0 aliphatic carbocycles. The van der Waals surface area contributed by atoms with Crippen LogP contribution in [0, 0.1) is 0 Å². The predicted octanol–water partition coefficient (Wildman–Crippen LogP) is 1.70. The van der Waals surface area contributed by atoms with Gasteiger partial charge in [0.05, 0.1) is 12.7 Å². The van der Waals surface area contributed by atoms with E-state index in [0.29, 0.717) is 5.75 Å². The summed E-state index contributed by atoms with van der Waals surface area (Å²) >= 11 is 0. The number of nitrogens with one attached hydrogen (secondary N) is 2. The van der Waals surface area contributed by atoms with Crippen LogP contribution in [0.5, 0.6) is 5.75 Å². The molecular formula is C23H31FN3O9P. The lowest BCUT2D eigenvalue weighted by Crippen LogP contribution is -2.46. The first-order valence-corrected chi connectivity index (χ1v) is 13.4. The molecule has 0 radical (unpaired) electrons. The van der Waals surface area contributed by atoms with Crippen molar-refractivity contribution in [1.82, 2.24) is 14.6 Å². The Balaban J connectivity index is 1.91. The quantitative estimate of drug-likeness (QED) is 0.281. The third-order valence-corrected chi connectivity index (χ3v) is 7.31. The minimum absolute atomic E-state index is 0.340. The van der Waals surface area contributed by atoms with Crippen LogP contribution < -0.4 is 21.1 Å². The summed E-state index contributed by atoms with van der Waals surface area (Å²) in [5, 5.41) is 12.5. The maximum absolute atomic E-state index is 16.2. The van der Waals surface area contributed by atoms with Gasteiger partial charge < -0.3 is 23.8 Å². The van der Waals surface area contributed by atoms with Crippen LogP contribution >= 0.6 is 7.52 Å². The van der Waals surface area contributed by atoms with Gasteiger partial charge in [-0.2, -0.15) is 0 Å². The van der Waals surface area contributed by atoms with E-state index in [0.717, 1.165) is 23.8 Å². The summed E-state index contributed by atoms with van der Waals surface area (Å²) in [6.45, 7) is 5.00. The van der Waals surface area contributed by atoms with Crippen LogP contribution in [0.1, 0.15) is 33.9 Å². The van der Waals surface area contributed by atoms with Gasteiger partial charge in [0.25, 0.3) is 5.56 Å². The molecule has 0 unspecified atom stereocenters.